The molecule has 0 bridgehead atoms. The van der Waals surface area contributed by atoms with Gasteiger partial charge in [-0.25, -0.2) is 0 Å². The number of benzene rings is 2. The number of aryl methyl sites for hydroxylation is 2. The molecule has 1 aliphatic rings. The van der Waals surface area contributed by atoms with E-state index in [1.54, 1.807) is 6.20 Å². The van der Waals surface area contributed by atoms with E-state index in [4.69, 9.17) is 0 Å². The number of anilines is 5. The van der Waals surface area contributed by atoms with E-state index >= 15 is 0 Å². The highest BCUT2D eigenvalue weighted by Gasteiger charge is 2.11. The van der Waals surface area contributed by atoms with Gasteiger partial charge in [-0.3, -0.25) is 0 Å². The van der Waals surface area contributed by atoms with Gasteiger partial charge in [0, 0.05) is 30.2 Å². The fourth-order valence-electron chi connectivity index (χ4n) is 3.79. The normalized spacial score (nSPS) is 13.9. The average molecular weight is 389 g/mol. The summed E-state index contributed by atoms with van der Waals surface area (Å²) in [6, 6.07) is 14.8. The number of hydrogen-bond acceptors (Lipinski definition) is 6. The van der Waals surface area contributed by atoms with Crippen LogP contribution in [0.15, 0.2) is 48.7 Å². The number of nitrogens with one attached hydrogen (secondary N) is 2. The summed E-state index contributed by atoms with van der Waals surface area (Å²) < 4.78 is 0. The molecule has 29 heavy (non-hydrogen) atoms. The summed E-state index contributed by atoms with van der Waals surface area (Å²) in [4.78, 5) is 7.04. The molecule has 6 nitrogen and oxygen atoms in total. The topological polar surface area (TPSA) is 66.0 Å². The first-order chi connectivity index (χ1) is 14.2. The Kier molecular flexibility index (Phi) is 5.89. The predicted molar refractivity (Wildman–Crippen MR) is 119 cm³/mol. The molecule has 1 saturated heterocycles. The Morgan fingerprint density at radius 1 is 0.966 bits per heavy atom. The molecule has 4 rings (SSSR count). The van der Waals surface area contributed by atoms with E-state index in [-0.39, 0.29) is 0 Å². The highest BCUT2D eigenvalue weighted by Crippen LogP contribution is 2.25. The van der Waals surface area contributed by atoms with Crippen LogP contribution in [0.4, 0.5) is 28.8 Å². The fourth-order valence-corrected chi connectivity index (χ4v) is 3.79. The van der Waals surface area contributed by atoms with Crippen LogP contribution in [-0.4, -0.2) is 28.3 Å². The zero-order valence-electron chi connectivity index (χ0n) is 17.2. The van der Waals surface area contributed by atoms with Crippen LogP contribution in [-0.2, 0) is 6.42 Å². The molecule has 150 valence electrons. The summed E-state index contributed by atoms with van der Waals surface area (Å²) in [7, 11) is 0. The minimum atomic E-state index is 0.490. The SMILES string of the molecule is CCc1cccc(C)c1Nc1nncc(Nc2ccc(N3CCCCC3)cc2)n1. The summed E-state index contributed by atoms with van der Waals surface area (Å²) in [5.74, 6) is 1.16. The molecule has 0 amide bonds. The summed E-state index contributed by atoms with van der Waals surface area (Å²) >= 11 is 0. The van der Waals surface area contributed by atoms with Crippen molar-refractivity contribution in [2.75, 3.05) is 28.6 Å². The van der Waals surface area contributed by atoms with Crippen molar-refractivity contribution in [2.45, 2.75) is 39.5 Å². The standard InChI is InChI=1S/C23H28N6/c1-3-18-9-7-8-17(2)22(18)27-23-26-21(16-24-28-23)25-19-10-12-20(13-11-19)29-14-5-4-6-15-29/h7-13,16H,3-6,14-15H2,1-2H3,(H2,25,26,27,28). The third kappa shape index (κ3) is 4.65. The van der Waals surface area contributed by atoms with Crippen LogP contribution in [0.3, 0.4) is 0 Å². The zero-order chi connectivity index (χ0) is 20.1. The second-order valence-electron chi connectivity index (χ2n) is 7.47. The highest BCUT2D eigenvalue weighted by atomic mass is 15.3. The lowest BCUT2D eigenvalue weighted by Crippen LogP contribution is -2.29. The Labute approximate surface area is 172 Å². The van der Waals surface area contributed by atoms with Crippen molar-refractivity contribution in [1.29, 1.82) is 0 Å². The number of rotatable bonds is 6. The van der Waals surface area contributed by atoms with Gasteiger partial charge in [-0.05, 0) is 68.0 Å². The predicted octanol–water partition coefficient (Wildman–Crippen LogP) is 5.22. The van der Waals surface area contributed by atoms with E-state index in [1.807, 2.05) is 0 Å². The Bertz CT molecular complexity index is 948. The first kappa shape index (κ1) is 19.2. The zero-order valence-corrected chi connectivity index (χ0v) is 17.2. The maximum atomic E-state index is 4.59. The average Bonchev–Trinajstić information content (AvgIpc) is 2.77. The van der Waals surface area contributed by atoms with Gasteiger partial charge in [-0.2, -0.15) is 10.1 Å². The minimum absolute atomic E-state index is 0.490. The molecule has 1 aromatic heterocycles. The van der Waals surface area contributed by atoms with Gasteiger partial charge in [-0.15, -0.1) is 5.10 Å². The van der Waals surface area contributed by atoms with Crippen LogP contribution < -0.4 is 15.5 Å². The van der Waals surface area contributed by atoms with Gasteiger partial charge in [0.15, 0.2) is 5.82 Å². The monoisotopic (exact) mass is 388 g/mol. The van der Waals surface area contributed by atoms with E-state index in [2.05, 4.69) is 87.0 Å². The Hall–Kier alpha value is -3.15. The lowest BCUT2D eigenvalue weighted by molar-refractivity contribution is 0.578. The van der Waals surface area contributed by atoms with Gasteiger partial charge in [0.2, 0.25) is 5.95 Å². The molecular weight excluding hydrogens is 360 g/mol. The molecule has 1 fully saturated rings. The second-order valence-corrected chi connectivity index (χ2v) is 7.47. The van der Waals surface area contributed by atoms with Crippen molar-refractivity contribution in [1.82, 2.24) is 15.2 Å². The van der Waals surface area contributed by atoms with Crippen LogP contribution >= 0.6 is 0 Å². The van der Waals surface area contributed by atoms with Crippen molar-refractivity contribution in [3.8, 4) is 0 Å². The maximum absolute atomic E-state index is 4.59. The number of aromatic nitrogens is 3. The smallest absolute Gasteiger partial charge is 0.249 e. The number of para-hydroxylation sites is 1. The van der Waals surface area contributed by atoms with Crippen LogP contribution in [0.1, 0.15) is 37.3 Å². The molecule has 0 saturated carbocycles. The molecule has 3 aromatic rings. The van der Waals surface area contributed by atoms with Crippen molar-refractivity contribution in [3.05, 3.63) is 59.8 Å². The first-order valence-corrected chi connectivity index (χ1v) is 10.4. The van der Waals surface area contributed by atoms with Gasteiger partial charge in [0.05, 0.1) is 6.20 Å². The fraction of sp³-hybridized carbons (Fsp3) is 0.348. The third-order valence-electron chi connectivity index (χ3n) is 5.40. The number of hydrogen-bond donors (Lipinski definition) is 2. The van der Waals surface area contributed by atoms with E-state index in [0.29, 0.717) is 11.8 Å². The van der Waals surface area contributed by atoms with Crippen LogP contribution in [0.2, 0.25) is 0 Å². The van der Waals surface area contributed by atoms with Crippen LogP contribution in [0, 0.1) is 6.92 Å². The van der Waals surface area contributed by atoms with Gasteiger partial charge in [0.1, 0.15) is 0 Å². The summed E-state index contributed by atoms with van der Waals surface area (Å²) in [5, 5.41) is 14.9. The number of nitrogens with zero attached hydrogens (tertiary/aromatic N) is 4. The van der Waals surface area contributed by atoms with E-state index in [9.17, 15) is 0 Å². The van der Waals surface area contributed by atoms with Crippen molar-refractivity contribution in [2.24, 2.45) is 0 Å². The molecule has 2 heterocycles. The summed E-state index contributed by atoms with van der Waals surface area (Å²) in [6.07, 6.45) is 6.49. The highest BCUT2D eigenvalue weighted by molar-refractivity contribution is 5.65. The maximum Gasteiger partial charge on any atom is 0.249 e. The van der Waals surface area contributed by atoms with Gasteiger partial charge in [-0.1, -0.05) is 25.1 Å². The van der Waals surface area contributed by atoms with Crippen LogP contribution in [0.25, 0.3) is 0 Å². The Balaban J connectivity index is 1.47. The van der Waals surface area contributed by atoms with Crippen molar-refractivity contribution in [3.63, 3.8) is 0 Å². The molecule has 0 unspecified atom stereocenters. The molecule has 2 N–H and O–H groups in total. The molecule has 0 radical (unpaired) electrons. The van der Waals surface area contributed by atoms with Crippen LogP contribution in [0.5, 0.6) is 0 Å². The lowest BCUT2D eigenvalue weighted by atomic mass is 10.1. The Morgan fingerprint density at radius 3 is 2.52 bits per heavy atom. The van der Waals surface area contributed by atoms with Crippen molar-refractivity contribution < 1.29 is 0 Å². The summed E-state index contributed by atoms with van der Waals surface area (Å²) in [6.45, 7) is 6.53. The van der Waals surface area contributed by atoms with Gasteiger partial charge in [0.25, 0.3) is 0 Å². The van der Waals surface area contributed by atoms with E-state index in [0.717, 1.165) is 30.9 Å². The van der Waals surface area contributed by atoms with E-state index < -0.39 is 0 Å². The largest absolute Gasteiger partial charge is 0.372 e. The molecule has 0 aliphatic carbocycles. The van der Waals surface area contributed by atoms with Gasteiger partial charge >= 0.3 is 0 Å². The quantitative estimate of drug-likeness (QED) is 0.603. The number of piperidine rings is 1. The minimum Gasteiger partial charge on any atom is -0.372 e. The first-order valence-electron chi connectivity index (χ1n) is 10.4. The Morgan fingerprint density at radius 2 is 1.76 bits per heavy atom. The van der Waals surface area contributed by atoms with Gasteiger partial charge < -0.3 is 15.5 Å². The second kappa shape index (κ2) is 8.90. The van der Waals surface area contributed by atoms with Crippen molar-refractivity contribution >= 4 is 28.8 Å². The molecule has 6 heteroatoms. The molecule has 2 aromatic carbocycles. The lowest BCUT2D eigenvalue weighted by Gasteiger charge is -2.28. The molecule has 1 aliphatic heterocycles. The third-order valence-corrected chi connectivity index (χ3v) is 5.40. The molecule has 0 spiro atoms. The molecular formula is C23H28N6. The summed E-state index contributed by atoms with van der Waals surface area (Å²) in [5.41, 5.74) is 5.73. The van der Waals surface area contributed by atoms with E-state index in [1.165, 1.54) is 36.1 Å². The molecule has 0 atom stereocenters.